The van der Waals surface area contributed by atoms with Crippen LogP contribution in [0, 0.1) is 0 Å². The zero-order valence-corrected chi connectivity index (χ0v) is 14.1. The molecule has 0 saturated carbocycles. The zero-order chi connectivity index (χ0) is 16.9. The summed E-state index contributed by atoms with van der Waals surface area (Å²) in [5, 5.41) is 2.93. The minimum Gasteiger partial charge on any atom is -0.348 e. The molecule has 0 aliphatic carbocycles. The molecule has 124 valence electrons. The fourth-order valence-corrected chi connectivity index (χ4v) is 3.09. The molecule has 4 nitrogen and oxygen atoms in total. The van der Waals surface area contributed by atoms with Gasteiger partial charge < -0.3 is 10.2 Å². The molecule has 5 heteroatoms. The molecule has 1 aliphatic rings. The SMILES string of the molecule is O=C(NCc1ccccc1)c1ccc2c(c1)CCCN2C(=O)CCl. The molecule has 0 saturated heterocycles. The minimum atomic E-state index is -0.109. The fraction of sp³-hybridized carbons (Fsp3) is 0.263. The molecule has 0 fully saturated rings. The van der Waals surface area contributed by atoms with Gasteiger partial charge in [-0.1, -0.05) is 30.3 Å². The highest BCUT2D eigenvalue weighted by atomic mass is 35.5. The van der Waals surface area contributed by atoms with Crippen molar-refractivity contribution in [2.45, 2.75) is 19.4 Å². The van der Waals surface area contributed by atoms with Crippen molar-refractivity contribution in [2.24, 2.45) is 0 Å². The van der Waals surface area contributed by atoms with Crippen LogP contribution in [-0.4, -0.2) is 24.2 Å². The summed E-state index contributed by atoms with van der Waals surface area (Å²) in [6, 6.07) is 15.3. The lowest BCUT2D eigenvalue weighted by Crippen LogP contribution is -2.36. The van der Waals surface area contributed by atoms with E-state index < -0.39 is 0 Å². The molecule has 3 rings (SSSR count). The number of hydrogen-bond donors (Lipinski definition) is 1. The first kappa shape index (κ1) is 16.5. The topological polar surface area (TPSA) is 49.4 Å². The van der Waals surface area contributed by atoms with E-state index in [2.05, 4.69) is 5.32 Å². The maximum absolute atomic E-state index is 12.4. The van der Waals surface area contributed by atoms with E-state index in [1.165, 1.54) is 0 Å². The van der Waals surface area contributed by atoms with E-state index in [1.807, 2.05) is 42.5 Å². The third-order valence-corrected chi connectivity index (χ3v) is 4.40. The summed E-state index contributed by atoms with van der Waals surface area (Å²) in [5.74, 6) is -0.236. The molecule has 0 aromatic heterocycles. The summed E-state index contributed by atoms with van der Waals surface area (Å²) in [6.07, 6.45) is 1.74. The van der Waals surface area contributed by atoms with E-state index in [4.69, 9.17) is 11.6 Å². The molecule has 0 radical (unpaired) electrons. The molecule has 2 aromatic rings. The van der Waals surface area contributed by atoms with E-state index in [-0.39, 0.29) is 17.7 Å². The number of anilines is 1. The number of benzene rings is 2. The third kappa shape index (κ3) is 3.60. The standard InChI is InChI=1S/C19H19ClN2O2/c20-12-18(23)22-10-4-7-15-11-16(8-9-17(15)22)19(24)21-13-14-5-2-1-3-6-14/h1-3,5-6,8-9,11H,4,7,10,12-13H2,(H,21,24). The van der Waals surface area contributed by atoms with Crippen molar-refractivity contribution >= 4 is 29.1 Å². The van der Waals surface area contributed by atoms with Crippen LogP contribution in [0.4, 0.5) is 5.69 Å². The fourth-order valence-electron chi connectivity index (χ4n) is 2.95. The van der Waals surface area contributed by atoms with Crippen LogP contribution in [0.3, 0.4) is 0 Å². The predicted octanol–water partition coefficient (Wildman–Crippen LogP) is 3.13. The first-order valence-electron chi connectivity index (χ1n) is 8.00. The number of carbonyl (C=O) groups excluding carboxylic acids is 2. The largest absolute Gasteiger partial charge is 0.348 e. The van der Waals surface area contributed by atoms with Crippen LogP contribution in [0.15, 0.2) is 48.5 Å². The Bertz CT molecular complexity index is 746. The lowest BCUT2D eigenvalue weighted by molar-refractivity contribution is -0.116. The van der Waals surface area contributed by atoms with Gasteiger partial charge in [0.05, 0.1) is 0 Å². The lowest BCUT2D eigenvalue weighted by atomic mass is 9.99. The van der Waals surface area contributed by atoms with Crippen LogP contribution >= 0.6 is 11.6 Å². The van der Waals surface area contributed by atoms with Gasteiger partial charge in [0.2, 0.25) is 5.91 Å². The number of alkyl halides is 1. The number of hydrogen-bond acceptors (Lipinski definition) is 2. The quantitative estimate of drug-likeness (QED) is 0.868. The Morgan fingerprint density at radius 3 is 2.67 bits per heavy atom. The molecular formula is C19H19ClN2O2. The average molecular weight is 343 g/mol. The van der Waals surface area contributed by atoms with Crippen molar-refractivity contribution in [3.63, 3.8) is 0 Å². The van der Waals surface area contributed by atoms with Crippen LogP contribution < -0.4 is 10.2 Å². The molecule has 1 N–H and O–H groups in total. The Labute approximate surface area is 146 Å². The highest BCUT2D eigenvalue weighted by Gasteiger charge is 2.22. The van der Waals surface area contributed by atoms with E-state index >= 15 is 0 Å². The van der Waals surface area contributed by atoms with Crippen LogP contribution in [0.5, 0.6) is 0 Å². The van der Waals surface area contributed by atoms with Crippen molar-refractivity contribution in [2.75, 3.05) is 17.3 Å². The van der Waals surface area contributed by atoms with Crippen LogP contribution in [0.1, 0.15) is 27.9 Å². The van der Waals surface area contributed by atoms with E-state index in [0.29, 0.717) is 18.7 Å². The first-order valence-corrected chi connectivity index (χ1v) is 8.54. The van der Waals surface area contributed by atoms with Gasteiger partial charge in [0, 0.05) is 24.3 Å². The Morgan fingerprint density at radius 2 is 1.92 bits per heavy atom. The van der Waals surface area contributed by atoms with Crippen LogP contribution in [0.25, 0.3) is 0 Å². The highest BCUT2D eigenvalue weighted by Crippen LogP contribution is 2.28. The Morgan fingerprint density at radius 1 is 1.12 bits per heavy atom. The summed E-state index contributed by atoms with van der Waals surface area (Å²) in [6.45, 7) is 1.17. The van der Waals surface area contributed by atoms with E-state index in [0.717, 1.165) is 29.7 Å². The van der Waals surface area contributed by atoms with E-state index in [9.17, 15) is 9.59 Å². The highest BCUT2D eigenvalue weighted by molar-refractivity contribution is 6.29. The molecule has 1 heterocycles. The summed E-state index contributed by atoms with van der Waals surface area (Å²) in [4.78, 5) is 26.0. The monoisotopic (exact) mass is 342 g/mol. The molecule has 0 bridgehead atoms. The van der Waals surface area contributed by atoms with Gasteiger partial charge in [-0.05, 0) is 42.2 Å². The molecule has 0 atom stereocenters. The van der Waals surface area contributed by atoms with Gasteiger partial charge in [-0.3, -0.25) is 9.59 Å². The number of fused-ring (bicyclic) bond motifs is 1. The van der Waals surface area contributed by atoms with Gasteiger partial charge in [0.15, 0.2) is 0 Å². The average Bonchev–Trinajstić information content (AvgIpc) is 2.65. The maximum atomic E-state index is 12.4. The van der Waals surface area contributed by atoms with Gasteiger partial charge in [0.25, 0.3) is 5.91 Å². The van der Waals surface area contributed by atoms with Crippen molar-refractivity contribution in [1.82, 2.24) is 5.32 Å². The number of nitrogens with one attached hydrogen (secondary N) is 1. The molecular weight excluding hydrogens is 324 g/mol. The van der Waals surface area contributed by atoms with Crippen LogP contribution in [0.2, 0.25) is 0 Å². The zero-order valence-electron chi connectivity index (χ0n) is 13.3. The summed E-state index contributed by atoms with van der Waals surface area (Å²) < 4.78 is 0. The molecule has 0 unspecified atom stereocenters. The predicted molar refractivity (Wildman–Crippen MR) is 95.4 cm³/mol. The Kier molecular flexibility index (Phi) is 5.16. The van der Waals surface area contributed by atoms with Crippen molar-refractivity contribution in [1.29, 1.82) is 0 Å². The van der Waals surface area contributed by atoms with Gasteiger partial charge in [-0.15, -0.1) is 11.6 Å². The van der Waals surface area contributed by atoms with Crippen molar-refractivity contribution in [3.8, 4) is 0 Å². The summed E-state index contributed by atoms with van der Waals surface area (Å²) >= 11 is 5.68. The normalized spacial score (nSPS) is 13.3. The summed E-state index contributed by atoms with van der Waals surface area (Å²) in [7, 11) is 0. The number of aryl methyl sites for hydroxylation is 1. The second-order valence-electron chi connectivity index (χ2n) is 5.79. The molecule has 2 amide bonds. The number of rotatable bonds is 4. The van der Waals surface area contributed by atoms with Gasteiger partial charge >= 0.3 is 0 Å². The van der Waals surface area contributed by atoms with Crippen molar-refractivity contribution < 1.29 is 9.59 Å². The van der Waals surface area contributed by atoms with Crippen LogP contribution in [-0.2, 0) is 17.8 Å². The molecule has 1 aliphatic heterocycles. The molecule has 0 spiro atoms. The molecule has 2 aromatic carbocycles. The molecule has 24 heavy (non-hydrogen) atoms. The second-order valence-corrected chi connectivity index (χ2v) is 6.06. The second kappa shape index (κ2) is 7.49. The number of nitrogens with zero attached hydrogens (tertiary/aromatic N) is 1. The first-order chi connectivity index (χ1) is 11.7. The van der Waals surface area contributed by atoms with Gasteiger partial charge in [-0.2, -0.15) is 0 Å². The Balaban J connectivity index is 1.73. The van der Waals surface area contributed by atoms with Gasteiger partial charge in [0.1, 0.15) is 5.88 Å². The lowest BCUT2D eigenvalue weighted by Gasteiger charge is -2.29. The maximum Gasteiger partial charge on any atom is 0.251 e. The minimum absolute atomic E-state index is 0.0290. The number of halogens is 1. The van der Waals surface area contributed by atoms with Gasteiger partial charge in [-0.25, -0.2) is 0 Å². The summed E-state index contributed by atoms with van der Waals surface area (Å²) in [5.41, 5.74) is 3.56. The number of carbonyl (C=O) groups is 2. The van der Waals surface area contributed by atoms with Crippen molar-refractivity contribution in [3.05, 3.63) is 65.2 Å². The number of amides is 2. The third-order valence-electron chi connectivity index (χ3n) is 4.17. The smallest absolute Gasteiger partial charge is 0.251 e. The Hall–Kier alpha value is -2.33. The van der Waals surface area contributed by atoms with E-state index in [1.54, 1.807) is 11.0 Å².